The molecule has 0 saturated heterocycles. The zero-order valence-corrected chi connectivity index (χ0v) is 15.9. The maximum absolute atomic E-state index is 12.2. The minimum Gasteiger partial charge on any atom is -0.481 e. The molecule has 26 heavy (non-hydrogen) atoms. The van der Waals surface area contributed by atoms with Crippen LogP contribution in [-0.4, -0.2) is 34.7 Å². The predicted octanol–water partition coefficient (Wildman–Crippen LogP) is 3.33. The van der Waals surface area contributed by atoms with Crippen LogP contribution in [0.25, 0.3) is 0 Å². The van der Waals surface area contributed by atoms with Gasteiger partial charge < -0.3 is 15.7 Å². The third-order valence-corrected chi connectivity index (χ3v) is 5.14. The molecule has 0 aliphatic carbocycles. The quantitative estimate of drug-likeness (QED) is 0.627. The summed E-state index contributed by atoms with van der Waals surface area (Å²) in [5.74, 6) is -0.732. The van der Waals surface area contributed by atoms with Crippen molar-refractivity contribution in [3.8, 4) is 0 Å². The van der Waals surface area contributed by atoms with Crippen LogP contribution < -0.4 is 10.6 Å². The smallest absolute Gasteiger partial charge is 0.315 e. The number of benzene rings is 1. The molecule has 7 heteroatoms. The average molecular weight is 375 g/mol. The van der Waals surface area contributed by atoms with E-state index < -0.39 is 5.97 Å². The second-order valence-electron chi connectivity index (χ2n) is 6.38. The first kappa shape index (κ1) is 19.9. The number of amides is 2. The Morgan fingerprint density at radius 2 is 2.00 bits per heavy atom. The molecule has 1 heterocycles. The first-order valence-electron chi connectivity index (χ1n) is 8.66. The highest BCUT2D eigenvalue weighted by Gasteiger charge is 2.16. The van der Waals surface area contributed by atoms with Crippen LogP contribution in [0.3, 0.4) is 0 Å². The molecule has 0 saturated carbocycles. The van der Waals surface area contributed by atoms with Gasteiger partial charge in [-0.05, 0) is 25.3 Å². The molecule has 0 spiro atoms. The monoisotopic (exact) mass is 375 g/mol. The summed E-state index contributed by atoms with van der Waals surface area (Å²) in [5, 5.41) is 15.7. The molecule has 0 aliphatic rings. The molecule has 0 aliphatic heterocycles. The summed E-state index contributed by atoms with van der Waals surface area (Å²) in [6.07, 6.45) is 2.84. The van der Waals surface area contributed by atoms with Crippen LogP contribution in [0.2, 0.25) is 0 Å². The van der Waals surface area contributed by atoms with E-state index >= 15 is 0 Å². The number of carboxylic acid groups (broad SMARTS) is 1. The molecule has 3 N–H and O–H groups in total. The Hall–Kier alpha value is -2.41. The third-order valence-electron chi connectivity index (χ3n) is 4.00. The van der Waals surface area contributed by atoms with Gasteiger partial charge in [-0.15, -0.1) is 11.3 Å². The molecular weight excluding hydrogens is 350 g/mol. The molecule has 2 aromatic rings. The number of thiazole rings is 1. The van der Waals surface area contributed by atoms with Crippen molar-refractivity contribution in [2.75, 3.05) is 6.54 Å². The van der Waals surface area contributed by atoms with Gasteiger partial charge in [-0.2, -0.15) is 0 Å². The number of rotatable bonds is 9. The molecule has 1 aromatic heterocycles. The minimum atomic E-state index is -0.863. The van der Waals surface area contributed by atoms with Gasteiger partial charge in [0.25, 0.3) is 0 Å². The lowest BCUT2D eigenvalue weighted by Gasteiger charge is -2.19. The minimum absolute atomic E-state index is 0.0204. The summed E-state index contributed by atoms with van der Waals surface area (Å²) in [6.45, 7) is 4.50. The number of hydrogen-bond donors (Lipinski definition) is 3. The van der Waals surface area contributed by atoms with Crippen LogP contribution in [0, 0.1) is 6.92 Å². The zero-order valence-electron chi connectivity index (χ0n) is 15.1. The van der Waals surface area contributed by atoms with E-state index in [-0.39, 0.29) is 24.4 Å². The highest BCUT2D eigenvalue weighted by Crippen LogP contribution is 2.20. The van der Waals surface area contributed by atoms with Crippen LogP contribution >= 0.6 is 11.3 Å². The maximum Gasteiger partial charge on any atom is 0.315 e. The van der Waals surface area contributed by atoms with E-state index in [1.54, 1.807) is 11.3 Å². The van der Waals surface area contributed by atoms with Gasteiger partial charge in [0.2, 0.25) is 0 Å². The Bertz CT molecular complexity index is 718. The van der Waals surface area contributed by atoms with Gasteiger partial charge in [0, 0.05) is 36.0 Å². The Kier molecular flexibility index (Phi) is 7.59. The number of aryl methyl sites for hydroxylation is 1. The van der Waals surface area contributed by atoms with E-state index in [4.69, 9.17) is 5.11 Å². The van der Waals surface area contributed by atoms with Gasteiger partial charge in [0.15, 0.2) is 0 Å². The lowest BCUT2D eigenvalue weighted by atomic mass is 10.0. The fraction of sp³-hybridized carbons (Fsp3) is 0.421. The first-order valence-corrected chi connectivity index (χ1v) is 9.48. The predicted molar refractivity (Wildman–Crippen MR) is 103 cm³/mol. The number of nitrogens with zero attached hydrogens (tertiary/aromatic N) is 1. The van der Waals surface area contributed by atoms with Crippen LogP contribution in [0.4, 0.5) is 4.79 Å². The molecule has 2 amide bonds. The molecule has 1 aromatic carbocycles. The van der Waals surface area contributed by atoms with Crippen molar-refractivity contribution < 1.29 is 14.7 Å². The fourth-order valence-electron chi connectivity index (χ4n) is 2.59. The fourth-order valence-corrected chi connectivity index (χ4v) is 3.42. The zero-order chi connectivity index (χ0) is 18.9. The largest absolute Gasteiger partial charge is 0.481 e. The molecule has 2 unspecified atom stereocenters. The van der Waals surface area contributed by atoms with Crippen LogP contribution in [-0.2, 0) is 11.2 Å². The van der Waals surface area contributed by atoms with E-state index in [0.717, 1.165) is 15.4 Å². The van der Waals surface area contributed by atoms with Crippen molar-refractivity contribution in [1.29, 1.82) is 0 Å². The number of urea groups is 1. The van der Waals surface area contributed by atoms with Crippen LogP contribution in [0.5, 0.6) is 0 Å². The van der Waals surface area contributed by atoms with Crippen LogP contribution in [0.1, 0.15) is 41.1 Å². The second kappa shape index (κ2) is 9.91. The summed E-state index contributed by atoms with van der Waals surface area (Å²) in [6, 6.07) is 9.23. The van der Waals surface area contributed by atoms with E-state index in [2.05, 4.69) is 15.6 Å². The first-order chi connectivity index (χ1) is 12.4. The molecule has 0 fully saturated rings. The average Bonchev–Trinajstić information content (AvgIpc) is 3.05. The van der Waals surface area contributed by atoms with E-state index in [0.29, 0.717) is 19.4 Å². The SMILES string of the molecule is Cc1cnc(C(C)CNC(=O)NC(CCC(=O)O)Cc2ccccc2)s1. The number of hydrogen-bond acceptors (Lipinski definition) is 4. The number of nitrogens with one attached hydrogen (secondary N) is 2. The van der Waals surface area contributed by atoms with Gasteiger partial charge in [-0.25, -0.2) is 9.78 Å². The third kappa shape index (κ3) is 6.84. The Morgan fingerprint density at radius 3 is 2.62 bits per heavy atom. The van der Waals surface area contributed by atoms with Crippen molar-refractivity contribution in [3.63, 3.8) is 0 Å². The van der Waals surface area contributed by atoms with E-state index in [1.807, 2.05) is 50.4 Å². The molecule has 2 atom stereocenters. The lowest BCUT2D eigenvalue weighted by molar-refractivity contribution is -0.137. The molecule has 6 nitrogen and oxygen atoms in total. The van der Waals surface area contributed by atoms with Crippen LogP contribution in [0.15, 0.2) is 36.5 Å². The van der Waals surface area contributed by atoms with Gasteiger partial charge in [0.05, 0.1) is 5.01 Å². The van der Waals surface area contributed by atoms with Crippen molar-refractivity contribution in [2.24, 2.45) is 0 Å². The highest BCUT2D eigenvalue weighted by atomic mass is 32.1. The number of aromatic nitrogens is 1. The summed E-state index contributed by atoms with van der Waals surface area (Å²) in [7, 11) is 0. The molecule has 0 bridgehead atoms. The van der Waals surface area contributed by atoms with Gasteiger partial charge in [0.1, 0.15) is 0 Å². The molecular formula is C19H25N3O3S. The Morgan fingerprint density at radius 1 is 1.27 bits per heavy atom. The summed E-state index contributed by atoms with van der Waals surface area (Å²) < 4.78 is 0. The van der Waals surface area contributed by atoms with Crippen molar-refractivity contribution in [1.82, 2.24) is 15.6 Å². The Balaban J connectivity index is 1.86. The Labute approximate surface area is 157 Å². The standard InChI is InChI=1S/C19H25N3O3S/c1-13(18-20-12-14(2)26-18)11-21-19(25)22-16(8-9-17(23)24)10-15-6-4-3-5-7-15/h3-7,12-13,16H,8-11H2,1-2H3,(H,23,24)(H2,21,22,25). The normalized spacial score (nSPS) is 13.0. The molecule has 140 valence electrons. The van der Waals surface area contributed by atoms with Gasteiger partial charge in [-0.1, -0.05) is 37.3 Å². The van der Waals surface area contributed by atoms with Crippen molar-refractivity contribution >= 4 is 23.3 Å². The van der Waals surface area contributed by atoms with Crippen molar-refractivity contribution in [2.45, 2.75) is 45.1 Å². The lowest BCUT2D eigenvalue weighted by Crippen LogP contribution is -2.44. The summed E-state index contributed by atoms with van der Waals surface area (Å²) >= 11 is 1.63. The highest BCUT2D eigenvalue weighted by molar-refractivity contribution is 7.11. The van der Waals surface area contributed by atoms with Gasteiger partial charge >= 0.3 is 12.0 Å². The van der Waals surface area contributed by atoms with Crippen molar-refractivity contribution in [3.05, 3.63) is 52.0 Å². The summed E-state index contributed by atoms with van der Waals surface area (Å²) in [5.41, 5.74) is 1.06. The number of carboxylic acids is 1. The topological polar surface area (TPSA) is 91.3 Å². The number of aliphatic carboxylic acids is 1. The molecule has 2 rings (SSSR count). The number of carbonyl (C=O) groups is 2. The van der Waals surface area contributed by atoms with Gasteiger partial charge in [-0.3, -0.25) is 4.79 Å². The van der Waals surface area contributed by atoms with E-state index in [9.17, 15) is 9.59 Å². The molecule has 0 radical (unpaired) electrons. The summed E-state index contributed by atoms with van der Waals surface area (Å²) in [4.78, 5) is 28.6. The van der Waals surface area contributed by atoms with E-state index in [1.165, 1.54) is 0 Å². The maximum atomic E-state index is 12.2. The number of carbonyl (C=O) groups excluding carboxylic acids is 1. The second-order valence-corrected chi connectivity index (χ2v) is 7.65.